The van der Waals surface area contributed by atoms with E-state index in [1.807, 2.05) is 25.1 Å². The molecule has 98 valence electrons. The monoisotopic (exact) mass is 246 g/mol. The fourth-order valence-electron chi connectivity index (χ4n) is 2.25. The van der Waals surface area contributed by atoms with Crippen LogP contribution >= 0.6 is 0 Å². The molecule has 18 heavy (non-hydrogen) atoms. The Bertz CT molecular complexity index is 413. The summed E-state index contributed by atoms with van der Waals surface area (Å²) in [6.07, 6.45) is 2.10. The summed E-state index contributed by atoms with van der Waals surface area (Å²) in [5.41, 5.74) is 2.20. The van der Waals surface area contributed by atoms with Crippen molar-refractivity contribution in [2.75, 3.05) is 18.4 Å². The lowest BCUT2D eigenvalue weighted by Gasteiger charge is -2.31. The lowest BCUT2D eigenvalue weighted by Crippen LogP contribution is -2.48. The molecule has 1 fully saturated rings. The Hall–Kier alpha value is -1.35. The number of hydrogen-bond acceptors (Lipinski definition) is 2. The molecule has 1 heterocycles. The number of para-hydroxylation sites is 1. The second kappa shape index (κ2) is 6.01. The minimum Gasteiger partial charge on any atom is -0.326 e. The summed E-state index contributed by atoms with van der Waals surface area (Å²) in [6.45, 7) is 6.10. The van der Waals surface area contributed by atoms with Gasteiger partial charge in [-0.2, -0.15) is 0 Å². The summed E-state index contributed by atoms with van der Waals surface area (Å²) in [5.74, 6) is 0.717. The molecule has 1 aliphatic rings. The molecule has 1 unspecified atom stereocenters. The van der Waals surface area contributed by atoms with Gasteiger partial charge >= 0.3 is 0 Å². The van der Waals surface area contributed by atoms with Gasteiger partial charge in [-0.1, -0.05) is 38.5 Å². The number of nitrogens with one attached hydrogen (secondary N) is 2. The van der Waals surface area contributed by atoms with E-state index in [1.165, 1.54) is 5.56 Å². The van der Waals surface area contributed by atoms with Gasteiger partial charge in [-0.25, -0.2) is 0 Å². The Morgan fingerprint density at radius 2 is 2.17 bits per heavy atom. The zero-order valence-electron chi connectivity index (χ0n) is 11.2. The van der Waals surface area contributed by atoms with Gasteiger partial charge in [0.25, 0.3) is 0 Å². The predicted octanol–water partition coefficient (Wildman–Crippen LogP) is 2.43. The Morgan fingerprint density at radius 1 is 1.44 bits per heavy atom. The van der Waals surface area contributed by atoms with E-state index in [2.05, 4.69) is 23.6 Å². The van der Waals surface area contributed by atoms with E-state index in [9.17, 15) is 4.79 Å². The van der Waals surface area contributed by atoms with Gasteiger partial charge in [-0.3, -0.25) is 4.79 Å². The van der Waals surface area contributed by atoms with Crippen molar-refractivity contribution >= 4 is 11.6 Å². The van der Waals surface area contributed by atoms with Crippen molar-refractivity contribution in [3.63, 3.8) is 0 Å². The van der Waals surface area contributed by atoms with E-state index in [4.69, 9.17) is 0 Å². The minimum absolute atomic E-state index is 0.0842. The van der Waals surface area contributed by atoms with Gasteiger partial charge in [0, 0.05) is 11.6 Å². The van der Waals surface area contributed by atoms with Crippen LogP contribution in [0.25, 0.3) is 0 Å². The first-order valence-corrected chi connectivity index (χ1v) is 6.82. The number of anilines is 1. The molecule has 0 spiro atoms. The average Bonchev–Trinajstić information content (AvgIpc) is 2.29. The number of aryl methyl sites for hydroxylation is 1. The largest absolute Gasteiger partial charge is 0.326 e. The van der Waals surface area contributed by atoms with Gasteiger partial charge in [0.1, 0.15) is 0 Å². The van der Waals surface area contributed by atoms with Crippen LogP contribution in [0.15, 0.2) is 24.3 Å². The van der Waals surface area contributed by atoms with E-state index in [-0.39, 0.29) is 11.8 Å². The molecule has 1 saturated heterocycles. The van der Waals surface area contributed by atoms with Crippen LogP contribution in [0, 0.1) is 11.8 Å². The Morgan fingerprint density at radius 3 is 2.78 bits per heavy atom. The Balaban J connectivity index is 2.01. The lowest BCUT2D eigenvalue weighted by atomic mass is 9.88. The third-order valence-corrected chi connectivity index (χ3v) is 3.73. The summed E-state index contributed by atoms with van der Waals surface area (Å²) in [7, 11) is 0. The van der Waals surface area contributed by atoms with Crippen LogP contribution in [0.2, 0.25) is 0 Å². The van der Waals surface area contributed by atoms with Crippen molar-refractivity contribution in [1.29, 1.82) is 0 Å². The van der Waals surface area contributed by atoms with E-state index in [0.29, 0.717) is 5.92 Å². The van der Waals surface area contributed by atoms with Gasteiger partial charge in [0.05, 0.1) is 0 Å². The highest BCUT2D eigenvalue weighted by atomic mass is 16.1. The van der Waals surface area contributed by atoms with Crippen LogP contribution in [0.5, 0.6) is 0 Å². The molecule has 1 aromatic carbocycles. The number of amides is 1. The second-order valence-electron chi connectivity index (χ2n) is 5.10. The van der Waals surface area contributed by atoms with Crippen molar-refractivity contribution in [2.24, 2.45) is 11.8 Å². The van der Waals surface area contributed by atoms with Gasteiger partial charge in [-0.05, 0) is 37.1 Å². The van der Waals surface area contributed by atoms with Crippen molar-refractivity contribution < 1.29 is 4.79 Å². The quantitative estimate of drug-likeness (QED) is 0.838. The summed E-state index contributed by atoms with van der Waals surface area (Å²) in [6, 6.07) is 8.09. The van der Waals surface area contributed by atoms with Crippen molar-refractivity contribution in [3.05, 3.63) is 29.8 Å². The maximum absolute atomic E-state index is 12.2. The molecule has 1 aromatic rings. The molecule has 0 saturated carbocycles. The molecule has 1 aliphatic heterocycles. The average molecular weight is 246 g/mol. The smallest absolute Gasteiger partial charge is 0.227 e. The standard InChI is InChI=1S/C15H22N2O/c1-3-6-12-7-4-5-8-14(12)17-15(18)11(2)13-9-16-10-13/h4-5,7-8,11,13,16H,3,6,9-10H2,1-2H3,(H,17,18). The van der Waals surface area contributed by atoms with E-state index in [0.717, 1.165) is 31.6 Å². The first-order chi connectivity index (χ1) is 8.72. The highest BCUT2D eigenvalue weighted by Gasteiger charge is 2.28. The van der Waals surface area contributed by atoms with Crippen LogP contribution in [0.3, 0.4) is 0 Å². The van der Waals surface area contributed by atoms with Crippen molar-refractivity contribution in [2.45, 2.75) is 26.7 Å². The molecule has 0 aromatic heterocycles. The van der Waals surface area contributed by atoms with Crippen LogP contribution in [0.4, 0.5) is 5.69 Å². The van der Waals surface area contributed by atoms with E-state index >= 15 is 0 Å². The third-order valence-electron chi connectivity index (χ3n) is 3.73. The molecule has 3 heteroatoms. The van der Waals surface area contributed by atoms with Gasteiger partial charge < -0.3 is 10.6 Å². The first-order valence-electron chi connectivity index (χ1n) is 6.82. The molecule has 1 amide bonds. The maximum Gasteiger partial charge on any atom is 0.227 e. The number of carbonyl (C=O) groups excluding carboxylic acids is 1. The Labute approximate surface area is 109 Å². The SMILES string of the molecule is CCCc1ccccc1NC(=O)C(C)C1CNC1. The predicted molar refractivity (Wildman–Crippen MR) is 74.6 cm³/mol. The van der Waals surface area contributed by atoms with E-state index in [1.54, 1.807) is 0 Å². The van der Waals surface area contributed by atoms with Crippen LogP contribution in [-0.4, -0.2) is 19.0 Å². The molecular weight excluding hydrogens is 224 g/mol. The fraction of sp³-hybridized carbons (Fsp3) is 0.533. The summed E-state index contributed by atoms with van der Waals surface area (Å²) in [5, 5.41) is 6.29. The number of benzene rings is 1. The number of hydrogen-bond donors (Lipinski definition) is 2. The van der Waals surface area contributed by atoms with Crippen molar-refractivity contribution in [3.8, 4) is 0 Å². The van der Waals surface area contributed by atoms with Gasteiger partial charge in [-0.15, -0.1) is 0 Å². The lowest BCUT2D eigenvalue weighted by molar-refractivity contribution is -0.121. The highest BCUT2D eigenvalue weighted by molar-refractivity contribution is 5.93. The minimum atomic E-state index is 0.0842. The zero-order chi connectivity index (χ0) is 13.0. The van der Waals surface area contributed by atoms with Gasteiger partial charge in [0.2, 0.25) is 5.91 Å². The summed E-state index contributed by atoms with van der Waals surface area (Å²) in [4.78, 5) is 12.2. The molecule has 0 aliphatic carbocycles. The molecule has 3 nitrogen and oxygen atoms in total. The Kier molecular flexibility index (Phi) is 4.37. The topological polar surface area (TPSA) is 41.1 Å². The normalized spacial score (nSPS) is 17.0. The van der Waals surface area contributed by atoms with Crippen molar-refractivity contribution in [1.82, 2.24) is 5.32 Å². The summed E-state index contributed by atoms with van der Waals surface area (Å²) < 4.78 is 0. The summed E-state index contributed by atoms with van der Waals surface area (Å²) >= 11 is 0. The second-order valence-corrected chi connectivity index (χ2v) is 5.10. The first kappa shape index (κ1) is 13.1. The van der Waals surface area contributed by atoms with Gasteiger partial charge in [0.15, 0.2) is 0 Å². The fourth-order valence-corrected chi connectivity index (χ4v) is 2.25. The van der Waals surface area contributed by atoms with E-state index < -0.39 is 0 Å². The third kappa shape index (κ3) is 2.91. The molecule has 2 rings (SSSR count). The molecule has 0 bridgehead atoms. The molecule has 2 N–H and O–H groups in total. The highest BCUT2D eigenvalue weighted by Crippen LogP contribution is 2.21. The molecule has 0 radical (unpaired) electrons. The van der Waals surface area contributed by atoms with Crippen LogP contribution < -0.4 is 10.6 Å². The molecular formula is C15H22N2O. The number of carbonyl (C=O) groups is 1. The zero-order valence-corrected chi connectivity index (χ0v) is 11.2. The molecule has 1 atom stereocenters. The maximum atomic E-state index is 12.2. The van der Waals surface area contributed by atoms with Crippen LogP contribution in [-0.2, 0) is 11.2 Å². The van der Waals surface area contributed by atoms with Crippen LogP contribution in [0.1, 0.15) is 25.8 Å². The number of rotatable bonds is 5.